The third-order valence-electron chi connectivity index (χ3n) is 13.5. The Morgan fingerprint density at radius 1 is 0.902 bits per heavy atom. The van der Waals surface area contributed by atoms with Gasteiger partial charge in [0.25, 0.3) is 0 Å². The lowest BCUT2D eigenvalue weighted by Gasteiger charge is -2.34. The van der Waals surface area contributed by atoms with E-state index in [9.17, 15) is 9.59 Å². The summed E-state index contributed by atoms with van der Waals surface area (Å²) in [5.41, 5.74) is 5.30. The summed E-state index contributed by atoms with van der Waals surface area (Å²) in [7, 11) is 1.31. The fraction of sp³-hybridized carbons (Fsp3) is 0.435. The number of H-pyrrole nitrogens is 2. The molecule has 1 unspecified atom stereocenters. The van der Waals surface area contributed by atoms with Crippen molar-refractivity contribution in [2.75, 3.05) is 33.4 Å². The highest BCUT2D eigenvalue weighted by Gasteiger charge is 2.40. The third-order valence-corrected chi connectivity index (χ3v) is 14.8. The maximum atomic E-state index is 16.6. The van der Waals surface area contributed by atoms with E-state index in [1.165, 1.54) is 31.2 Å². The van der Waals surface area contributed by atoms with Crippen molar-refractivity contribution in [1.29, 1.82) is 0 Å². The van der Waals surface area contributed by atoms with Crippen molar-refractivity contribution in [2.24, 2.45) is 5.92 Å². The number of aromatic nitrogens is 5. The van der Waals surface area contributed by atoms with Crippen molar-refractivity contribution >= 4 is 34.2 Å². The molecule has 2 amide bonds. The number of thiophene rings is 1. The van der Waals surface area contributed by atoms with Crippen LogP contribution in [0.25, 0.3) is 44.7 Å². The highest BCUT2D eigenvalue weighted by Crippen LogP contribution is 2.49. The van der Waals surface area contributed by atoms with E-state index < -0.39 is 18.4 Å². The van der Waals surface area contributed by atoms with Gasteiger partial charge in [-0.05, 0) is 112 Å². The number of ether oxygens (including phenoxy) is 3. The number of hydrogen-bond acceptors (Lipinski definition) is 9. The number of likely N-dealkylation sites (tertiary alicyclic amines) is 1. The zero-order valence-electron chi connectivity index (χ0n) is 34.0. The number of benzene rings is 2. The number of carbonyl (C=O) groups is 2. The van der Waals surface area contributed by atoms with E-state index in [1.54, 1.807) is 23.6 Å². The number of fused-ring (bicyclic) bond motifs is 5. The van der Waals surface area contributed by atoms with Crippen LogP contribution in [0.1, 0.15) is 103 Å². The molecule has 11 rings (SSSR count). The summed E-state index contributed by atoms with van der Waals surface area (Å²) in [5, 5.41) is 7.26. The molecule has 0 bridgehead atoms. The SMILES string of the molecule is COC(=O)N[C@H](C(=O)N1CCC[C@H]1c1ncc(-c2ccc3c(c2)cc2n3C(c3ccc(C4CCC4)s3)Oc3cc(-c4cnc([C@@H]5CCCN5)[nH]4)cc(F)c3-2)[nH]1)C1CCOCC1. The molecule has 2 aromatic carbocycles. The van der Waals surface area contributed by atoms with Crippen LogP contribution in [-0.2, 0) is 14.3 Å². The number of amides is 2. The molecule has 5 aliphatic rings. The van der Waals surface area contributed by atoms with Crippen LogP contribution < -0.4 is 15.4 Å². The van der Waals surface area contributed by atoms with Gasteiger partial charge in [-0.1, -0.05) is 12.5 Å². The van der Waals surface area contributed by atoms with E-state index in [-0.39, 0.29) is 29.7 Å². The van der Waals surface area contributed by atoms with Crippen LogP contribution in [0.2, 0.25) is 0 Å². The van der Waals surface area contributed by atoms with Gasteiger partial charge in [-0.15, -0.1) is 11.3 Å². The Morgan fingerprint density at radius 2 is 1.70 bits per heavy atom. The maximum Gasteiger partial charge on any atom is 0.407 e. The second-order valence-electron chi connectivity index (χ2n) is 17.1. The lowest BCUT2D eigenvalue weighted by atomic mass is 9.84. The van der Waals surface area contributed by atoms with Crippen LogP contribution in [0.3, 0.4) is 0 Å². The first-order chi connectivity index (χ1) is 29.9. The molecule has 0 radical (unpaired) electrons. The van der Waals surface area contributed by atoms with Crippen molar-refractivity contribution in [3.8, 4) is 39.5 Å². The number of imidazole rings is 2. The number of halogens is 1. The second kappa shape index (κ2) is 15.8. The minimum atomic E-state index is -0.708. The molecule has 4 fully saturated rings. The van der Waals surface area contributed by atoms with E-state index in [1.807, 2.05) is 17.2 Å². The molecule has 4 atom stereocenters. The van der Waals surface area contributed by atoms with Crippen molar-refractivity contribution in [3.63, 3.8) is 0 Å². The number of aromatic amines is 2. The zero-order valence-corrected chi connectivity index (χ0v) is 34.9. The second-order valence-corrected chi connectivity index (χ2v) is 18.3. The van der Waals surface area contributed by atoms with E-state index in [2.05, 4.69) is 66.6 Å². The molecular weight excluding hydrogens is 796 g/mol. The maximum absolute atomic E-state index is 16.6. The summed E-state index contributed by atoms with van der Waals surface area (Å²) in [5.74, 6) is 2.12. The number of nitrogens with zero attached hydrogens (tertiary/aromatic N) is 4. The number of methoxy groups -OCH3 is 1. The van der Waals surface area contributed by atoms with Crippen LogP contribution >= 0.6 is 11.3 Å². The third kappa shape index (κ3) is 6.90. The van der Waals surface area contributed by atoms with Crippen LogP contribution in [0.15, 0.2) is 60.9 Å². The number of hydrogen-bond donors (Lipinski definition) is 4. The van der Waals surface area contributed by atoms with Crippen molar-refractivity contribution < 1.29 is 28.2 Å². The van der Waals surface area contributed by atoms with Gasteiger partial charge in [-0.3, -0.25) is 9.36 Å². The first kappa shape index (κ1) is 38.4. The van der Waals surface area contributed by atoms with Crippen LogP contribution in [0, 0.1) is 11.7 Å². The van der Waals surface area contributed by atoms with Crippen molar-refractivity contribution in [2.45, 2.75) is 88.1 Å². The van der Waals surface area contributed by atoms with E-state index >= 15 is 4.39 Å². The number of carbonyl (C=O) groups excluding carboxylic acids is 2. The molecule has 4 N–H and O–H groups in total. The van der Waals surface area contributed by atoms with Gasteiger partial charge in [0.1, 0.15) is 29.3 Å². The molecule has 316 valence electrons. The lowest BCUT2D eigenvalue weighted by molar-refractivity contribution is -0.136. The number of rotatable bonds is 9. The molecule has 6 aromatic rings. The standard InChI is InChI=1S/C46H49FN8O5S/c1-58-46(57)53-41(26-13-17-59-18-14-26)44(56)54-16-4-8-35(54)43-50-23-32(52-43)27-9-10-34-29(19-27)21-36-40-30(47)20-28(33-24-49-42(51-33)31-7-3-15-48-31)22-37(40)60-45(55(34)36)39-12-11-38(61-39)25-5-2-6-25/h9-12,19-26,31,35,41,45,48H,2-8,13-18H2,1H3,(H,49,51)(H,50,52)(H,53,57)/t31-,35-,41-,45?/m0/s1. The minimum absolute atomic E-state index is 0.0469. The number of alkyl carbamates (subject to hydrolysis) is 1. The smallest absolute Gasteiger partial charge is 0.407 e. The summed E-state index contributed by atoms with van der Waals surface area (Å²) in [6.07, 6.45) is 11.2. The summed E-state index contributed by atoms with van der Waals surface area (Å²) in [6.45, 7) is 2.63. The van der Waals surface area contributed by atoms with E-state index in [0.29, 0.717) is 61.2 Å². The Morgan fingerprint density at radius 3 is 2.49 bits per heavy atom. The van der Waals surface area contributed by atoms with E-state index in [4.69, 9.17) is 19.2 Å². The highest BCUT2D eigenvalue weighted by molar-refractivity contribution is 7.12. The quantitative estimate of drug-likeness (QED) is 0.113. The molecule has 15 heteroatoms. The average Bonchev–Trinajstić information content (AvgIpc) is 4.12. The normalized spacial score (nSPS) is 22.1. The van der Waals surface area contributed by atoms with Crippen molar-refractivity contribution in [1.82, 2.24) is 40.0 Å². The van der Waals surface area contributed by atoms with Gasteiger partial charge in [0.15, 0.2) is 0 Å². The van der Waals surface area contributed by atoms with Gasteiger partial charge in [0.05, 0.1) is 64.6 Å². The summed E-state index contributed by atoms with van der Waals surface area (Å²) < 4.78 is 36.1. The van der Waals surface area contributed by atoms with Crippen LogP contribution in [0.5, 0.6) is 5.75 Å². The molecule has 0 spiro atoms. The van der Waals surface area contributed by atoms with Crippen molar-refractivity contribution in [3.05, 3.63) is 88.1 Å². The monoisotopic (exact) mass is 844 g/mol. The first-order valence-electron chi connectivity index (χ1n) is 21.7. The largest absolute Gasteiger partial charge is 0.464 e. The average molecular weight is 845 g/mol. The Hall–Kier alpha value is -5.51. The Kier molecular flexibility index (Phi) is 9.92. The summed E-state index contributed by atoms with van der Waals surface area (Å²) in [4.78, 5) is 47.3. The number of nitrogens with one attached hydrogen (secondary N) is 4. The molecular formula is C46H49FN8O5S. The van der Waals surface area contributed by atoms with Gasteiger partial charge >= 0.3 is 6.09 Å². The Labute approximate surface area is 356 Å². The fourth-order valence-corrected chi connectivity index (χ4v) is 11.2. The molecule has 1 saturated carbocycles. The van der Waals surface area contributed by atoms with Crippen LogP contribution in [0.4, 0.5) is 9.18 Å². The Bertz CT molecular complexity index is 2620. The van der Waals surface area contributed by atoms with Gasteiger partial charge in [0, 0.05) is 41.1 Å². The van der Waals surface area contributed by atoms with Crippen LogP contribution in [-0.4, -0.2) is 80.9 Å². The molecule has 13 nitrogen and oxygen atoms in total. The van der Waals surface area contributed by atoms with Gasteiger partial charge in [-0.25, -0.2) is 19.2 Å². The molecule has 3 saturated heterocycles. The Balaban J connectivity index is 0.926. The highest BCUT2D eigenvalue weighted by atomic mass is 32.1. The van der Waals surface area contributed by atoms with Gasteiger partial charge < -0.3 is 39.7 Å². The zero-order chi connectivity index (χ0) is 41.2. The van der Waals surface area contributed by atoms with Gasteiger partial charge in [-0.2, -0.15) is 0 Å². The predicted molar refractivity (Wildman–Crippen MR) is 229 cm³/mol. The predicted octanol–water partition coefficient (Wildman–Crippen LogP) is 8.74. The minimum Gasteiger partial charge on any atom is -0.464 e. The molecule has 8 heterocycles. The molecule has 61 heavy (non-hydrogen) atoms. The lowest BCUT2D eigenvalue weighted by Crippen LogP contribution is -2.53. The van der Waals surface area contributed by atoms with Gasteiger partial charge in [0.2, 0.25) is 12.1 Å². The summed E-state index contributed by atoms with van der Waals surface area (Å²) >= 11 is 1.79. The molecule has 1 aliphatic carbocycles. The molecule has 4 aliphatic heterocycles. The van der Waals surface area contributed by atoms with E-state index in [0.717, 1.165) is 76.5 Å². The summed E-state index contributed by atoms with van der Waals surface area (Å²) in [6, 6.07) is 15.4. The topological polar surface area (TPSA) is 151 Å². The fourth-order valence-electron chi connectivity index (χ4n) is 10.0. The first-order valence-corrected chi connectivity index (χ1v) is 22.5. The molecule has 4 aromatic heterocycles.